The van der Waals surface area contributed by atoms with Crippen LogP contribution in [0.2, 0.25) is 0 Å². The van der Waals surface area contributed by atoms with E-state index in [4.69, 9.17) is 19.5 Å². The zero-order valence-electron chi connectivity index (χ0n) is 42.2. The van der Waals surface area contributed by atoms with Crippen LogP contribution in [0.5, 0.6) is 0 Å². The minimum absolute atomic E-state index is 0.0152. The van der Waals surface area contributed by atoms with Crippen molar-refractivity contribution in [2.75, 3.05) is 37.8 Å². The van der Waals surface area contributed by atoms with Gasteiger partial charge in [-0.2, -0.15) is 4.31 Å². The van der Waals surface area contributed by atoms with Crippen LogP contribution in [0.15, 0.2) is 24.3 Å². The Morgan fingerprint density at radius 2 is 1.69 bits per heavy atom. The van der Waals surface area contributed by atoms with Crippen LogP contribution in [0.25, 0.3) is 11.2 Å². The number of hydrogen-bond donors (Lipinski definition) is 9. The van der Waals surface area contributed by atoms with E-state index in [1.54, 1.807) is 0 Å². The lowest BCUT2D eigenvalue weighted by molar-refractivity contribution is -0.137. The molecule has 10 N–H and O–H groups in total. The lowest BCUT2D eigenvalue weighted by Gasteiger charge is -2.58. The number of aliphatic hydroxyl groups is 2. The van der Waals surface area contributed by atoms with E-state index in [2.05, 4.69) is 48.3 Å². The Morgan fingerprint density at radius 3 is 2.41 bits per heavy atom. The number of nitrogens with zero attached hydrogens (tertiary/aromatic N) is 4. The fourth-order valence-electron chi connectivity index (χ4n) is 12.3. The molecule has 1 aliphatic heterocycles. The molecule has 418 valence electrons. The first-order valence-electron chi connectivity index (χ1n) is 24.8. The Bertz CT molecular complexity index is 2690. The molecule has 0 radical (unpaired) electrons. The summed E-state index contributed by atoms with van der Waals surface area (Å²) in [7, 11) is -16.5. The van der Waals surface area contributed by atoms with Gasteiger partial charge in [0.15, 0.2) is 28.6 Å². The van der Waals surface area contributed by atoms with E-state index in [0.717, 1.165) is 73.9 Å². The number of aliphatic hydroxyl groups excluding tert-OH is 2. The van der Waals surface area contributed by atoms with Gasteiger partial charge in [-0.3, -0.25) is 42.1 Å². The number of phosphoric ester groups is 3. The molecule has 2 aromatic heterocycles. The number of nitrogens with one attached hydrogen (secondary N) is 2. The number of Topliss-reactive ketones (excluding diaryl/α,β-unsaturated/α-hetero) is 1. The Labute approximate surface area is 436 Å². The van der Waals surface area contributed by atoms with Crippen LogP contribution < -0.4 is 16.4 Å². The summed E-state index contributed by atoms with van der Waals surface area (Å²) in [6, 6.07) is 0. The van der Waals surface area contributed by atoms with E-state index in [1.165, 1.54) is 19.4 Å². The lowest BCUT2D eigenvalue weighted by atomic mass is 9.46. The van der Waals surface area contributed by atoms with E-state index in [9.17, 15) is 67.5 Å². The van der Waals surface area contributed by atoms with Crippen molar-refractivity contribution in [3.8, 4) is 0 Å². The first kappa shape index (κ1) is 59.3. The summed E-state index contributed by atoms with van der Waals surface area (Å²) < 4.78 is 62.7. The van der Waals surface area contributed by atoms with Crippen molar-refractivity contribution in [2.45, 2.75) is 129 Å². The molecule has 1 saturated heterocycles. The van der Waals surface area contributed by atoms with Crippen molar-refractivity contribution in [1.29, 1.82) is 0 Å². The number of allylic oxidation sites excluding steroid dienone is 1. The number of phosphoric acid groups is 3. The third-order valence-corrected chi connectivity index (χ3v) is 20.2. The summed E-state index contributed by atoms with van der Waals surface area (Å²) >= 11 is 0.955. The van der Waals surface area contributed by atoms with Gasteiger partial charge in [0.25, 0.3) is 0 Å². The average molecular weight is 1140 g/mol. The van der Waals surface area contributed by atoms with Crippen molar-refractivity contribution in [2.24, 2.45) is 45.8 Å². The minimum atomic E-state index is -5.61. The monoisotopic (exact) mass is 1140 g/mol. The SMILES string of the molecule is C[C@H](C(=O)CC(=O)SCCNC(=O)CCNC(=O)[C@H](O)C(C)(C)COP(=O)(O)OP(=O)(O)OC[C@H]1O[C@@H](n2cnc3c(N)ncnc32)[C@H](O)[C@@H]1OP(=O)(O)O)[C@H]1CC[C@H]2[C@@H]3CCC4=CC(=O)CC[C@]4(C)[C@H]3CC[C@]12C. The summed E-state index contributed by atoms with van der Waals surface area (Å²) in [6.45, 7) is 6.96. The quantitative estimate of drug-likeness (QED) is 0.0437. The largest absolute Gasteiger partial charge is 0.481 e. The van der Waals surface area contributed by atoms with Gasteiger partial charge >= 0.3 is 23.5 Å². The number of ketones is 2. The van der Waals surface area contributed by atoms with Crippen LogP contribution in [-0.2, 0) is 60.3 Å². The van der Waals surface area contributed by atoms with Gasteiger partial charge in [-0.25, -0.2) is 28.6 Å². The highest BCUT2D eigenvalue weighted by Gasteiger charge is 2.60. The fraction of sp³-hybridized carbons (Fsp3) is 0.733. The topological polar surface area (TPSA) is 398 Å². The van der Waals surface area contributed by atoms with E-state index in [-0.39, 0.29) is 88.0 Å². The third-order valence-electron chi connectivity index (χ3n) is 16.2. The minimum Gasteiger partial charge on any atom is -0.386 e. The second-order valence-corrected chi connectivity index (χ2v) is 26.8. The highest BCUT2D eigenvalue weighted by Crippen LogP contribution is 2.68. The predicted molar refractivity (Wildman–Crippen MR) is 266 cm³/mol. The summed E-state index contributed by atoms with van der Waals surface area (Å²) in [5, 5.41) is 26.4. The second-order valence-electron chi connectivity index (χ2n) is 21.4. The zero-order valence-corrected chi connectivity index (χ0v) is 45.7. The fourth-order valence-corrected chi connectivity index (χ4v) is 15.8. The van der Waals surface area contributed by atoms with Crippen molar-refractivity contribution in [3.63, 3.8) is 0 Å². The van der Waals surface area contributed by atoms with Gasteiger partial charge in [-0.1, -0.05) is 52.0 Å². The van der Waals surface area contributed by atoms with Gasteiger partial charge in [0.05, 0.1) is 26.0 Å². The molecule has 75 heavy (non-hydrogen) atoms. The number of imidazole rings is 1. The Balaban J connectivity index is 0.786. The van der Waals surface area contributed by atoms with Gasteiger partial charge < -0.3 is 50.9 Å². The summed E-state index contributed by atoms with van der Waals surface area (Å²) in [5.41, 5.74) is 5.65. The number of nitrogens with two attached hydrogens (primary N) is 1. The summed E-state index contributed by atoms with van der Waals surface area (Å²) in [5.74, 6) is 0.391. The number of ether oxygens (including phenoxy) is 1. The number of amides is 2. The second kappa shape index (κ2) is 23.2. The molecule has 3 saturated carbocycles. The molecule has 0 aromatic carbocycles. The first-order valence-corrected chi connectivity index (χ1v) is 30.3. The Morgan fingerprint density at radius 1 is 0.973 bits per heavy atom. The van der Waals surface area contributed by atoms with E-state index < -0.39 is 84.6 Å². The summed E-state index contributed by atoms with van der Waals surface area (Å²) in [6.07, 6.45) is 2.35. The Hall–Kier alpha value is -3.36. The van der Waals surface area contributed by atoms with Crippen molar-refractivity contribution in [3.05, 3.63) is 24.3 Å². The molecule has 4 aliphatic carbocycles. The first-order chi connectivity index (χ1) is 34.9. The van der Waals surface area contributed by atoms with Crippen LogP contribution in [-0.4, -0.2) is 134 Å². The standard InChI is InChI=1S/C45H68N7O19P3S/c1-24(28-8-9-29-27-7-6-25-18-26(53)10-13-44(25,4)30(27)11-14-45(28,29)5)31(54)19-34(56)75-17-16-47-33(55)12-15-48-41(59)38(58)43(2,3)21-68-74(65,66)71-73(63,64)67-20-32-37(70-72(60,61)62)36(57)42(69-32)52-23-51-35-39(46)49-22-50-40(35)52/h18,22-24,27-30,32,36-38,42,57-58H,6-17,19-21H2,1-5H3,(H,47,55)(H,48,59)(H,63,64)(H,65,66)(H2,46,49,50)(H2,60,61,62)/t24-,27-,28+,29-,30-,32+,36+,37+,38-,42+,44-,45+/m0/s1. The molecule has 4 fully saturated rings. The maximum absolute atomic E-state index is 13.5. The molecule has 7 rings (SSSR count). The normalized spacial score (nSPS) is 31.2. The lowest BCUT2D eigenvalue weighted by Crippen LogP contribution is -2.51. The van der Waals surface area contributed by atoms with Gasteiger partial charge in [0.1, 0.15) is 42.0 Å². The molecule has 2 aromatic rings. The van der Waals surface area contributed by atoms with Crippen LogP contribution in [0.1, 0.15) is 105 Å². The number of anilines is 1. The highest BCUT2D eigenvalue weighted by atomic mass is 32.2. The van der Waals surface area contributed by atoms with E-state index in [1.807, 2.05) is 13.0 Å². The van der Waals surface area contributed by atoms with Crippen LogP contribution in [0.3, 0.4) is 0 Å². The molecule has 26 nitrogen and oxygen atoms in total. The molecule has 5 aliphatic rings. The van der Waals surface area contributed by atoms with Crippen molar-refractivity contribution >= 4 is 80.7 Å². The van der Waals surface area contributed by atoms with Crippen LogP contribution in [0.4, 0.5) is 5.82 Å². The molecular weight excluding hydrogens is 1070 g/mol. The molecule has 14 atom stereocenters. The van der Waals surface area contributed by atoms with E-state index >= 15 is 0 Å². The molecule has 2 amide bonds. The third kappa shape index (κ3) is 13.6. The summed E-state index contributed by atoms with van der Waals surface area (Å²) in [4.78, 5) is 115. The zero-order chi connectivity index (χ0) is 55.1. The maximum atomic E-state index is 13.5. The number of hydrogen-bond acceptors (Lipinski definition) is 20. The van der Waals surface area contributed by atoms with Crippen LogP contribution in [0, 0.1) is 45.8 Å². The average Bonchev–Trinajstić information content (AvgIpc) is 4.01. The number of nitrogen functional groups attached to an aromatic ring is 1. The maximum Gasteiger partial charge on any atom is 0.481 e. The molecule has 3 heterocycles. The van der Waals surface area contributed by atoms with Crippen molar-refractivity contribution in [1.82, 2.24) is 30.2 Å². The molecular formula is C45H68N7O19P3S. The smallest absolute Gasteiger partial charge is 0.386 e. The molecule has 0 spiro atoms. The number of rotatable bonds is 23. The number of thioether (sulfide) groups is 1. The van der Waals surface area contributed by atoms with Gasteiger partial charge in [-0.05, 0) is 85.5 Å². The molecule has 2 unspecified atom stereocenters. The number of fused-ring (bicyclic) bond motifs is 6. The van der Waals surface area contributed by atoms with Gasteiger partial charge in [-0.15, -0.1) is 0 Å². The predicted octanol–water partition coefficient (Wildman–Crippen LogP) is 3.41. The highest BCUT2D eigenvalue weighted by molar-refractivity contribution is 8.13. The van der Waals surface area contributed by atoms with Crippen molar-refractivity contribution < 1.29 is 90.1 Å². The number of carbonyl (C=O) groups is 5. The van der Waals surface area contributed by atoms with Gasteiger partial charge in [0, 0.05) is 43.0 Å². The van der Waals surface area contributed by atoms with E-state index in [0.29, 0.717) is 24.2 Å². The molecule has 0 bridgehead atoms. The number of carbonyl (C=O) groups excluding carboxylic acids is 5. The van der Waals surface area contributed by atoms with Gasteiger partial charge in [0.2, 0.25) is 11.8 Å². The Kier molecular flexibility index (Phi) is 18.3. The molecule has 30 heteroatoms. The number of aromatic nitrogens is 4. The van der Waals surface area contributed by atoms with Crippen LogP contribution >= 0.6 is 35.2 Å².